The summed E-state index contributed by atoms with van der Waals surface area (Å²) in [7, 11) is 0. The van der Waals surface area contributed by atoms with E-state index >= 15 is 0 Å². The van der Waals surface area contributed by atoms with Crippen molar-refractivity contribution in [3.63, 3.8) is 0 Å². The van der Waals surface area contributed by atoms with Gasteiger partial charge in [-0.2, -0.15) is 5.26 Å². The molecule has 146 valence electrons. The van der Waals surface area contributed by atoms with E-state index in [9.17, 15) is 15.2 Å². The molecule has 1 heterocycles. The third kappa shape index (κ3) is 3.97. The number of nitriles is 1. The molecular weight excluding hydrogens is 362 g/mol. The van der Waals surface area contributed by atoms with Gasteiger partial charge < -0.3 is 5.11 Å². The van der Waals surface area contributed by atoms with Gasteiger partial charge >= 0.3 is 0 Å². The van der Waals surface area contributed by atoms with E-state index in [1.807, 2.05) is 74.5 Å². The molecule has 3 rings (SSSR count). The van der Waals surface area contributed by atoms with Crippen molar-refractivity contribution in [3.8, 4) is 23.1 Å². The average Bonchev–Trinajstić information content (AvgIpc) is 2.74. The highest BCUT2D eigenvalue weighted by atomic mass is 16.3. The van der Waals surface area contributed by atoms with Gasteiger partial charge in [-0.25, -0.2) is 0 Å². The molecule has 1 aromatic heterocycles. The fourth-order valence-corrected chi connectivity index (χ4v) is 3.20. The van der Waals surface area contributed by atoms with Crippen LogP contribution in [-0.2, 0) is 0 Å². The zero-order valence-corrected chi connectivity index (χ0v) is 16.8. The number of hydrogen-bond acceptors (Lipinski definition) is 4. The lowest BCUT2D eigenvalue weighted by molar-refractivity contribution is 0.372. The molecular formula is C24H23N3O2. The second-order valence-corrected chi connectivity index (χ2v) is 6.95. The Morgan fingerprint density at radius 2 is 1.76 bits per heavy atom. The van der Waals surface area contributed by atoms with E-state index in [0.29, 0.717) is 23.2 Å². The summed E-state index contributed by atoms with van der Waals surface area (Å²) in [5.74, 6) is -0.162. The van der Waals surface area contributed by atoms with Gasteiger partial charge in [-0.1, -0.05) is 49.4 Å². The van der Waals surface area contributed by atoms with Crippen LogP contribution in [0.25, 0.3) is 11.1 Å². The normalized spacial score (nSPS) is 12.1. The van der Waals surface area contributed by atoms with Crippen LogP contribution in [0.4, 0.5) is 5.69 Å². The van der Waals surface area contributed by atoms with Gasteiger partial charge in [0.05, 0.1) is 11.3 Å². The molecule has 0 aliphatic rings. The van der Waals surface area contributed by atoms with Gasteiger partial charge in [-0.3, -0.25) is 14.4 Å². The second-order valence-electron chi connectivity index (χ2n) is 6.95. The van der Waals surface area contributed by atoms with E-state index < -0.39 is 5.56 Å². The van der Waals surface area contributed by atoms with Crippen LogP contribution >= 0.6 is 0 Å². The van der Waals surface area contributed by atoms with E-state index in [-0.39, 0.29) is 17.5 Å². The maximum atomic E-state index is 12.6. The molecule has 5 heteroatoms. The van der Waals surface area contributed by atoms with Gasteiger partial charge in [0.25, 0.3) is 5.56 Å². The maximum Gasteiger partial charge on any atom is 0.271 e. The number of aromatic nitrogens is 1. The van der Waals surface area contributed by atoms with E-state index in [4.69, 9.17) is 0 Å². The van der Waals surface area contributed by atoms with Crippen molar-refractivity contribution >= 4 is 11.9 Å². The lowest BCUT2D eigenvalue weighted by Gasteiger charge is -2.18. The lowest BCUT2D eigenvalue weighted by atomic mass is 10.0. The topological polar surface area (TPSA) is 78.4 Å². The van der Waals surface area contributed by atoms with Crippen molar-refractivity contribution in [2.24, 2.45) is 4.99 Å². The van der Waals surface area contributed by atoms with Crippen LogP contribution in [0.3, 0.4) is 0 Å². The smallest absolute Gasteiger partial charge is 0.271 e. The highest BCUT2D eigenvalue weighted by Crippen LogP contribution is 2.26. The Kier molecular flexibility index (Phi) is 5.94. The molecule has 0 saturated carbocycles. The van der Waals surface area contributed by atoms with Crippen LogP contribution in [0, 0.1) is 18.3 Å². The maximum absolute atomic E-state index is 12.6. The third-order valence-electron chi connectivity index (χ3n) is 5.14. The summed E-state index contributed by atoms with van der Waals surface area (Å²) < 4.78 is 1.27. The first-order valence-corrected chi connectivity index (χ1v) is 9.55. The van der Waals surface area contributed by atoms with Crippen molar-refractivity contribution in [2.75, 3.05) is 0 Å². The summed E-state index contributed by atoms with van der Waals surface area (Å²) in [6.45, 7) is 5.41. The highest BCUT2D eigenvalue weighted by Gasteiger charge is 2.20. The number of aliphatic imine (C=N–C) groups is 1. The molecule has 5 nitrogen and oxygen atoms in total. The molecule has 3 aromatic rings. The first-order valence-electron chi connectivity index (χ1n) is 9.55. The van der Waals surface area contributed by atoms with Crippen molar-refractivity contribution in [1.82, 2.24) is 4.57 Å². The SMILES string of the molecule is CCC(C)n1c(O)c(C=Nc2ccc(-c3ccccc3)cc2)c(C)c(C#N)c1=O. The van der Waals surface area contributed by atoms with Gasteiger partial charge in [0.15, 0.2) is 0 Å². The fraction of sp³-hybridized carbons (Fsp3) is 0.208. The molecule has 1 unspecified atom stereocenters. The second kappa shape index (κ2) is 8.57. The Morgan fingerprint density at radius 3 is 2.34 bits per heavy atom. The molecule has 0 bridgehead atoms. The third-order valence-corrected chi connectivity index (χ3v) is 5.14. The van der Waals surface area contributed by atoms with Crippen molar-refractivity contribution in [3.05, 3.63) is 81.6 Å². The Morgan fingerprint density at radius 1 is 1.14 bits per heavy atom. The average molecular weight is 385 g/mol. The molecule has 0 saturated heterocycles. The van der Waals surface area contributed by atoms with E-state index in [0.717, 1.165) is 11.1 Å². The van der Waals surface area contributed by atoms with Crippen LogP contribution in [0.1, 0.15) is 43.0 Å². The largest absolute Gasteiger partial charge is 0.494 e. The molecule has 0 aliphatic carbocycles. The van der Waals surface area contributed by atoms with Crippen LogP contribution in [0.5, 0.6) is 5.88 Å². The molecule has 0 fully saturated rings. The minimum atomic E-state index is -0.471. The number of rotatable bonds is 5. The van der Waals surface area contributed by atoms with E-state index in [1.54, 1.807) is 6.92 Å². The predicted octanol–water partition coefficient (Wildman–Crippen LogP) is 5.12. The Labute approximate surface area is 170 Å². The predicted molar refractivity (Wildman–Crippen MR) is 116 cm³/mol. The fourth-order valence-electron chi connectivity index (χ4n) is 3.20. The molecule has 29 heavy (non-hydrogen) atoms. The van der Waals surface area contributed by atoms with Gasteiger partial charge in [0.2, 0.25) is 5.88 Å². The summed E-state index contributed by atoms with van der Waals surface area (Å²) in [4.78, 5) is 17.0. The highest BCUT2D eigenvalue weighted by molar-refractivity contribution is 5.87. The number of aromatic hydroxyl groups is 1. The van der Waals surface area contributed by atoms with Crippen molar-refractivity contribution < 1.29 is 5.11 Å². The zero-order chi connectivity index (χ0) is 21.0. The lowest BCUT2D eigenvalue weighted by Crippen LogP contribution is -2.27. The number of pyridine rings is 1. The molecule has 0 amide bonds. The summed E-state index contributed by atoms with van der Waals surface area (Å²) in [5.41, 5.74) is 3.29. The Balaban J connectivity index is 2.00. The number of nitrogens with zero attached hydrogens (tertiary/aromatic N) is 3. The quantitative estimate of drug-likeness (QED) is 0.619. The number of benzene rings is 2. The minimum absolute atomic E-state index is 0.0315. The van der Waals surface area contributed by atoms with Gasteiger partial charge in [0.1, 0.15) is 11.6 Å². The van der Waals surface area contributed by atoms with Gasteiger partial charge in [0, 0.05) is 12.3 Å². The van der Waals surface area contributed by atoms with Crippen LogP contribution in [0.2, 0.25) is 0 Å². The van der Waals surface area contributed by atoms with Crippen molar-refractivity contribution in [1.29, 1.82) is 5.26 Å². The van der Waals surface area contributed by atoms with Crippen molar-refractivity contribution in [2.45, 2.75) is 33.2 Å². The standard InChI is InChI=1S/C24H23N3O2/c1-4-16(2)27-23(28)21(14-25)17(3)22(24(27)29)15-26-20-12-10-19(11-13-20)18-8-6-5-7-9-18/h5-13,15-16,29H,4H2,1-3H3. The Bertz CT molecular complexity index is 1140. The summed E-state index contributed by atoms with van der Waals surface area (Å²) in [5, 5.41) is 20.1. The molecule has 1 atom stereocenters. The first-order chi connectivity index (χ1) is 14.0. The Hall–Kier alpha value is -3.65. The van der Waals surface area contributed by atoms with Gasteiger partial charge in [-0.15, -0.1) is 0 Å². The minimum Gasteiger partial charge on any atom is -0.494 e. The molecule has 2 aromatic carbocycles. The van der Waals surface area contributed by atoms with E-state index in [1.165, 1.54) is 10.8 Å². The van der Waals surface area contributed by atoms with E-state index in [2.05, 4.69) is 4.99 Å². The summed E-state index contributed by atoms with van der Waals surface area (Å²) in [6, 6.07) is 19.5. The number of hydrogen-bond donors (Lipinski definition) is 1. The molecule has 1 N–H and O–H groups in total. The zero-order valence-electron chi connectivity index (χ0n) is 16.8. The summed E-state index contributed by atoms with van der Waals surface area (Å²) in [6.07, 6.45) is 2.17. The van der Waals surface area contributed by atoms with Crippen LogP contribution in [0.15, 0.2) is 64.4 Å². The van der Waals surface area contributed by atoms with Gasteiger partial charge in [-0.05, 0) is 49.1 Å². The van der Waals surface area contributed by atoms with Crippen LogP contribution in [-0.4, -0.2) is 15.9 Å². The monoisotopic (exact) mass is 385 g/mol. The first kappa shape index (κ1) is 20.1. The molecule has 0 spiro atoms. The van der Waals surface area contributed by atoms with Crippen LogP contribution < -0.4 is 5.56 Å². The molecule has 0 radical (unpaired) electrons. The summed E-state index contributed by atoms with van der Waals surface area (Å²) >= 11 is 0. The molecule has 0 aliphatic heterocycles.